The van der Waals surface area contributed by atoms with Crippen LogP contribution < -0.4 is 10.1 Å². The molecular formula is C17H22ClF2NO3. The van der Waals surface area contributed by atoms with E-state index in [0.29, 0.717) is 17.9 Å². The van der Waals surface area contributed by atoms with Gasteiger partial charge in [0.25, 0.3) is 0 Å². The number of rotatable bonds is 6. The number of carbonyl (C=O) groups excluding carboxylic acids is 1. The zero-order valence-electron chi connectivity index (χ0n) is 14.0. The van der Waals surface area contributed by atoms with Crippen LogP contribution in [0.5, 0.6) is 5.75 Å². The van der Waals surface area contributed by atoms with Gasteiger partial charge in [-0.2, -0.15) is 0 Å². The summed E-state index contributed by atoms with van der Waals surface area (Å²) >= 11 is 6.07. The van der Waals surface area contributed by atoms with Crippen LogP contribution in [-0.2, 0) is 4.74 Å². The molecule has 0 radical (unpaired) electrons. The first kappa shape index (κ1) is 18.8. The van der Waals surface area contributed by atoms with Crippen molar-refractivity contribution < 1.29 is 23.0 Å². The fraction of sp³-hybridized carbons (Fsp3) is 0.588. The minimum atomic E-state index is -0.636. The summed E-state index contributed by atoms with van der Waals surface area (Å²) in [5.74, 6) is -0.0591. The predicted octanol–water partition coefficient (Wildman–Crippen LogP) is 4.46. The SMILES string of the molecule is CC(C)(C)OC(=O)NCC1CC1c1c(OCCF)ccc(F)c1Cl. The molecule has 24 heavy (non-hydrogen) atoms. The molecule has 2 rings (SSSR count). The van der Waals surface area contributed by atoms with E-state index >= 15 is 0 Å². The highest BCUT2D eigenvalue weighted by Gasteiger charge is 2.42. The Labute approximate surface area is 145 Å². The summed E-state index contributed by atoms with van der Waals surface area (Å²) in [4.78, 5) is 11.7. The van der Waals surface area contributed by atoms with Gasteiger partial charge in [-0.3, -0.25) is 0 Å². The van der Waals surface area contributed by atoms with E-state index in [1.165, 1.54) is 12.1 Å². The second-order valence-corrected chi connectivity index (χ2v) is 7.17. The first-order chi connectivity index (χ1) is 11.2. The minimum Gasteiger partial charge on any atom is -0.491 e. The number of alkyl carbamates (subject to hydrolysis) is 1. The first-order valence-corrected chi connectivity index (χ1v) is 8.24. The molecule has 0 heterocycles. The number of ether oxygens (including phenoxy) is 2. The van der Waals surface area contributed by atoms with Gasteiger partial charge in [-0.05, 0) is 51.2 Å². The Hall–Kier alpha value is -1.56. The molecule has 134 valence electrons. The zero-order chi connectivity index (χ0) is 17.9. The zero-order valence-corrected chi connectivity index (χ0v) is 14.8. The third-order valence-electron chi connectivity index (χ3n) is 3.63. The molecule has 7 heteroatoms. The Morgan fingerprint density at radius 2 is 2.12 bits per heavy atom. The van der Waals surface area contributed by atoms with Crippen molar-refractivity contribution in [1.29, 1.82) is 0 Å². The Morgan fingerprint density at radius 3 is 2.75 bits per heavy atom. The molecule has 0 bridgehead atoms. The second-order valence-electron chi connectivity index (χ2n) is 6.80. The van der Waals surface area contributed by atoms with Gasteiger partial charge in [-0.25, -0.2) is 13.6 Å². The van der Waals surface area contributed by atoms with Gasteiger partial charge in [0.15, 0.2) is 0 Å². The second kappa shape index (κ2) is 7.55. The standard InChI is InChI=1S/C17H22ClF2NO3/c1-17(2,3)24-16(22)21-9-10-8-11(10)14-13(23-7-6-19)5-4-12(20)15(14)18/h4-5,10-11H,6-9H2,1-3H3,(H,21,22). The van der Waals surface area contributed by atoms with Crippen LogP contribution in [0.3, 0.4) is 0 Å². The molecule has 1 N–H and O–H groups in total. The molecule has 1 aliphatic rings. The molecule has 0 aromatic heterocycles. The number of nitrogens with one attached hydrogen (secondary N) is 1. The molecule has 4 nitrogen and oxygen atoms in total. The Bertz CT molecular complexity index is 604. The van der Waals surface area contributed by atoms with Gasteiger partial charge >= 0.3 is 6.09 Å². The van der Waals surface area contributed by atoms with Crippen molar-refractivity contribution >= 4 is 17.7 Å². The average Bonchev–Trinajstić information content (AvgIpc) is 3.24. The molecular weight excluding hydrogens is 340 g/mol. The van der Waals surface area contributed by atoms with Crippen LogP contribution >= 0.6 is 11.6 Å². The van der Waals surface area contributed by atoms with Crippen LogP contribution in [0, 0.1) is 11.7 Å². The Kier molecular flexibility index (Phi) is 5.91. The molecule has 1 aliphatic carbocycles. The maximum Gasteiger partial charge on any atom is 0.407 e. The van der Waals surface area contributed by atoms with Gasteiger partial charge in [0.2, 0.25) is 0 Å². The number of halogens is 3. The summed E-state index contributed by atoms with van der Waals surface area (Å²) in [7, 11) is 0. The van der Waals surface area contributed by atoms with E-state index in [1.54, 1.807) is 20.8 Å². The topological polar surface area (TPSA) is 47.6 Å². The van der Waals surface area contributed by atoms with E-state index in [1.807, 2.05) is 0 Å². The van der Waals surface area contributed by atoms with Crippen molar-refractivity contribution in [2.45, 2.75) is 38.7 Å². The van der Waals surface area contributed by atoms with E-state index in [-0.39, 0.29) is 23.5 Å². The van der Waals surface area contributed by atoms with Gasteiger partial charge < -0.3 is 14.8 Å². The summed E-state index contributed by atoms with van der Waals surface area (Å²) < 4.78 is 36.6. The van der Waals surface area contributed by atoms with E-state index in [4.69, 9.17) is 21.1 Å². The maximum atomic E-state index is 13.7. The highest BCUT2D eigenvalue weighted by molar-refractivity contribution is 6.31. The molecule has 1 amide bonds. The van der Waals surface area contributed by atoms with E-state index in [0.717, 1.165) is 6.42 Å². The fourth-order valence-corrected chi connectivity index (χ4v) is 2.82. The van der Waals surface area contributed by atoms with Crippen LogP contribution in [0.25, 0.3) is 0 Å². The van der Waals surface area contributed by atoms with Crippen molar-refractivity contribution in [3.05, 3.63) is 28.5 Å². The van der Waals surface area contributed by atoms with Crippen molar-refractivity contribution in [2.75, 3.05) is 19.8 Å². The number of hydrogen-bond donors (Lipinski definition) is 1. The predicted molar refractivity (Wildman–Crippen MR) is 88.0 cm³/mol. The number of carbonyl (C=O) groups is 1. The summed E-state index contributed by atoms with van der Waals surface area (Å²) in [6.07, 6.45) is 0.248. The molecule has 0 aliphatic heterocycles. The Balaban J connectivity index is 1.99. The third kappa shape index (κ3) is 4.97. The van der Waals surface area contributed by atoms with Gasteiger partial charge in [0, 0.05) is 12.1 Å². The molecule has 1 aromatic carbocycles. The average molecular weight is 362 g/mol. The van der Waals surface area contributed by atoms with Crippen LogP contribution in [-0.4, -0.2) is 31.5 Å². The minimum absolute atomic E-state index is 0.00359. The lowest BCUT2D eigenvalue weighted by Crippen LogP contribution is -2.33. The quantitative estimate of drug-likeness (QED) is 0.814. The first-order valence-electron chi connectivity index (χ1n) is 7.86. The summed E-state index contributed by atoms with van der Waals surface area (Å²) in [5.41, 5.74) is -0.0205. The van der Waals surface area contributed by atoms with Gasteiger partial charge in [0.1, 0.15) is 30.4 Å². The van der Waals surface area contributed by atoms with Crippen LogP contribution in [0.15, 0.2) is 12.1 Å². The smallest absolute Gasteiger partial charge is 0.407 e. The molecule has 2 atom stereocenters. The van der Waals surface area contributed by atoms with Crippen molar-refractivity contribution in [2.24, 2.45) is 5.92 Å². The number of benzene rings is 1. The van der Waals surface area contributed by atoms with Crippen molar-refractivity contribution in [3.63, 3.8) is 0 Å². The van der Waals surface area contributed by atoms with E-state index in [2.05, 4.69) is 5.32 Å². The summed E-state index contributed by atoms with van der Waals surface area (Å²) in [6.45, 7) is 5.01. The molecule has 0 saturated heterocycles. The molecule has 0 spiro atoms. The van der Waals surface area contributed by atoms with Crippen LogP contribution in [0.2, 0.25) is 5.02 Å². The monoisotopic (exact) mass is 361 g/mol. The summed E-state index contributed by atoms with van der Waals surface area (Å²) in [5, 5.41) is 2.70. The normalized spacial score (nSPS) is 19.8. The van der Waals surface area contributed by atoms with Gasteiger partial charge in [-0.15, -0.1) is 0 Å². The number of hydrogen-bond acceptors (Lipinski definition) is 3. The lowest BCUT2D eigenvalue weighted by molar-refractivity contribution is 0.0525. The van der Waals surface area contributed by atoms with E-state index in [9.17, 15) is 13.6 Å². The van der Waals surface area contributed by atoms with Crippen molar-refractivity contribution in [3.8, 4) is 5.75 Å². The highest BCUT2D eigenvalue weighted by atomic mass is 35.5. The molecule has 1 fully saturated rings. The molecule has 1 saturated carbocycles. The Morgan fingerprint density at radius 1 is 1.42 bits per heavy atom. The fourth-order valence-electron chi connectivity index (χ4n) is 2.52. The lowest BCUT2D eigenvalue weighted by atomic mass is 10.1. The number of alkyl halides is 1. The van der Waals surface area contributed by atoms with Crippen molar-refractivity contribution in [1.82, 2.24) is 5.32 Å². The molecule has 2 unspecified atom stereocenters. The third-order valence-corrected chi connectivity index (χ3v) is 4.01. The molecule has 1 aromatic rings. The van der Waals surface area contributed by atoms with Crippen LogP contribution in [0.4, 0.5) is 13.6 Å². The maximum absolute atomic E-state index is 13.7. The highest BCUT2D eigenvalue weighted by Crippen LogP contribution is 2.52. The lowest BCUT2D eigenvalue weighted by Gasteiger charge is -2.19. The van der Waals surface area contributed by atoms with E-state index < -0.39 is 24.2 Å². The van der Waals surface area contributed by atoms with Gasteiger partial charge in [0.05, 0.1) is 5.02 Å². The number of amides is 1. The summed E-state index contributed by atoms with van der Waals surface area (Å²) in [6, 6.07) is 2.67. The largest absolute Gasteiger partial charge is 0.491 e. The van der Waals surface area contributed by atoms with Crippen LogP contribution in [0.1, 0.15) is 38.7 Å². The van der Waals surface area contributed by atoms with Gasteiger partial charge in [-0.1, -0.05) is 11.6 Å².